The van der Waals surface area contributed by atoms with Crippen LogP contribution in [0.2, 0.25) is 5.02 Å². The van der Waals surface area contributed by atoms with Crippen LogP contribution in [0.1, 0.15) is 11.1 Å². The number of ether oxygens (including phenoxy) is 1. The van der Waals surface area contributed by atoms with Crippen LogP contribution in [-0.4, -0.2) is 22.8 Å². The van der Waals surface area contributed by atoms with E-state index >= 15 is 0 Å². The molecule has 35 heavy (non-hydrogen) atoms. The molecular formula is C24H15ClFN3O6. The number of hydrogen-bond acceptors (Lipinski definition) is 6. The molecule has 11 heteroatoms. The van der Waals surface area contributed by atoms with Gasteiger partial charge in [-0.05, 0) is 47.5 Å². The topological polar surface area (TPSA) is 119 Å². The summed E-state index contributed by atoms with van der Waals surface area (Å²) < 4.78 is 18.9. The van der Waals surface area contributed by atoms with Gasteiger partial charge in [0.25, 0.3) is 17.5 Å². The van der Waals surface area contributed by atoms with Crippen LogP contribution in [0.25, 0.3) is 6.08 Å². The molecule has 3 aromatic carbocycles. The van der Waals surface area contributed by atoms with E-state index < -0.39 is 28.6 Å². The number of anilines is 1. The molecule has 0 bridgehead atoms. The van der Waals surface area contributed by atoms with Gasteiger partial charge in [0.15, 0.2) is 0 Å². The van der Waals surface area contributed by atoms with Gasteiger partial charge in [0, 0.05) is 12.1 Å². The second kappa shape index (κ2) is 9.74. The van der Waals surface area contributed by atoms with E-state index in [1.807, 2.05) is 5.32 Å². The monoisotopic (exact) mass is 495 g/mol. The number of nitro groups is 1. The maximum absolute atomic E-state index is 13.3. The molecule has 1 aliphatic heterocycles. The summed E-state index contributed by atoms with van der Waals surface area (Å²) in [5.74, 6) is -1.98. The first kappa shape index (κ1) is 23.6. The zero-order chi connectivity index (χ0) is 25.1. The van der Waals surface area contributed by atoms with Crippen LogP contribution in [0, 0.1) is 15.9 Å². The van der Waals surface area contributed by atoms with E-state index in [0.29, 0.717) is 21.8 Å². The SMILES string of the molecule is O=C1NC(=O)N(c2cccc([N+](=O)[O-])c2)C(=O)/C1=C/c1ccc(OCc2cccc(F)c2)c(Cl)c1. The van der Waals surface area contributed by atoms with Gasteiger partial charge in [-0.15, -0.1) is 0 Å². The normalized spacial score (nSPS) is 14.7. The Kier molecular flexibility index (Phi) is 6.56. The van der Waals surface area contributed by atoms with Gasteiger partial charge >= 0.3 is 6.03 Å². The number of hydrogen-bond donors (Lipinski definition) is 1. The molecule has 0 atom stereocenters. The van der Waals surface area contributed by atoms with E-state index in [0.717, 1.165) is 6.07 Å². The van der Waals surface area contributed by atoms with Gasteiger partial charge in [-0.2, -0.15) is 0 Å². The molecular weight excluding hydrogens is 481 g/mol. The lowest BCUT2D eigenvalue weighted by Crippen LogP contribution is -2.54. The summed E-state index contributed by atoms with van der Waals surface area (Å²) in [5, 5.41) is 13.3. The van der Waals surface area contributed by atoms with Crippen LogP contribution in [0.5, 0.6) is 5.75 Å². The Bertz CT molecular complexity index is 1410. The van der Waals surface area contributed by atoms with Crippen molar-refractivity contribution in [3.05, 3.63) is 104 Å². The molecule has 4 rings (SSSR count). The third-order valence-electron chi connectivity index (χ3n) is 4.95. The minimum atomic E-state index is -1.03. The van der Waals surface area contributed by atoms with Gasteiger partial charge in [-0.3, -0.25) is 25.0 Å². The average molecular weight is 496 g/mol. The smallest absolute Gasteiger partial charge is 0.335 e. The van der Waals surface area contributed by atoms with Crippen LogP contribution in [0.3, 0.4) is 0 Å². The second-order valence-electron chi connectivity index (χ2n) is 7.34. The molecule has 9 nitrogen and oxygen atoms in total. The van der Waals surface area contributed by atoms with Gasteiger partial charge in [0.05, 0.1) is 15.6 Å². The fourth-order valence-electron chi connectivity index (χ4n) is 3.32. The molecule has 0 unspecified atom stereocenters. The molecule has 4 amide bonds. The Hall–Kier alpha value is -4.57. The molecule has 0 aromatic heterocycles. The lowest BCUT2D eigenvalue weighted by Gasteiger charge is -2.26. The van der Waals surface area contributed by atoms with Crippen molar-refractivity contribution in [2.75, 3.05) is 4.90 Å². The number of urea groups is 1. The third kappa shape index (κ3) is 5.17. The Morgan fingerprint density at radius 1 is 1.06 bits per heavy atom. The highest BCUT2D eigenvalue weighted by Crippen LogP contribution is 2.29. The van der Waals surface area contributed by atoms with Crippen LogP contribution >= 0.6 is 11.6 Å². The fourth-order valence-corrected chi connectivity index (χ4v) is 3.56. The summed E-state index contributed by atoms with van der Waals surface area (Å²) in [6.45, 7) is 0.0685. The molecule has 1 aliphatic rings. The first-order chi connectivity index (χ1) is 16.7. The highest BCUT2D eigenvalue weighted by molar-refractivity contribution is 6.39. The molecule has 1 N–H and O–H groups in total. The Morgan fingerprint density at radius 3 is 2.54 bits per heavy atom. The van der Waals surface area contributed by atoms with Crippen molar-refractivity contribution in [1.29, 1.82) is 0 Å². The number of nitrogens with zero attached hydrogens (tertiary/aromatic N) is 2. The number of imide groups is 2. The maximum Gasteiger partial charge on any atom is 0.335 e. The molecule has 0 radical (unpaired) electrons. The molecule has 176 valence electrons. The molecule has 1 fully saturated rings. The number of carbonyl (C=O) groups excluding carboxylic acids is 3. The summed E-state index contributed by atoms with van der Waals surface area (Å²) in [4.78, 5) is 48.7. The molecule has 0 spiro atoms. The number of non-ortho nitro benzene ring substituents is 1. The molecule has 0 saturated carbocycles. The number of benzene rings is 3. The lowest BCUT2D eigenvalue weighted by atomic mass is 10.1. The summed E-state index contributed by atoms with van der Waals surface area (Å²) >= 11 is 6.27. The van der Waals surface area contributed by atoms with Gasteiger partial charge < -0.3 is 4.74 Å². The first-order valence-electron chi connectivity index (χ1n) is 10.1. The van der Waals surface area contributed by atoms with Crippen LogP contribution < -0.4 is 15.0 Å². The first-order valence-corrected chi connectivity index (χ1v) is 10.4. The zero-order valence-electron chi connectivity index (χ0n) is 17.7. The van der Waals surface area contributed by atoms with E-state index in [1.165, 1.54) is 54.6 Å². The Morgan fingerprint density at radius 2 is 1.83 bits per heavy atom. The average Bonchev–Trinajstić information content (AvgIpc) is 2.81. The van der Waals surface area contributed by atoms with E-state index in [4.69, 9.17) is 16.3 Å². The fraction of sp³-hybridized carbons (Fsp3) is 0.0417. The van der Waals surface area contributed by atoms with E-state index in [2.05, 4.69) is 0 Å². The zero-order valence-corrected chi connectivity index (χ0v) is 18.5. The van der Waals surface area contributed by atoms with Crippen molar-refractivity contribution in [3.8, 4) is 5.75 Å². The minimum absolute atomic E-state index is 0.0685. The van der Waals surface area contributed by atoms with Crippen molar-refractivity contribution < 1.29 is 28.4 Å². The highest BCUT2D eigenvalue weighted by Gasteiger charge is 2.37. The molecule has 1 heterocycles. The summed E-state index contributed by atoms with van der Waals surface area (Å²) in [6, 6.07) is 14.3. The van der Waals surface area contributed by atoms with Crippen molar-refractivity contribution in [1.82, 2.24) is 5.32 Å². The van der Waals surface area contributed by atoms with Gasteiger partial charge in [-0.25, -0.2) is 14.1 Å². The standard InChI is InChI=1S/C24H15ClFN3O6/c25-20-11-14(7-8-21(20)35-13-15-3-1-4-16(26)9-15)10-19-22(30)27-24(32)28(23(19)31)17-5-2-6-18(12-17)29(33)34/h1-12H,13H2,(H,27,30,32)/b19-10+. The van der Waals surface area contributed by atoms with Crippen molar-refractivity contribution >= 4 is 46.9 Å². The number of nitro benzene ring substituents is 1. The van der Waals surface area contributed by atoms with Crippen molar-refractivity contribution in [2.24, 2.45) is 0 Å². The largest absolute Gasteiger partial charge is 0.487 e. The third-order valence-corrected chi connectivity index (χ3v) is 5.25. The van der Waals surface area contributed by atoms with E-state index in [9.17, 15) is 28.9 Å². The number of rotatable bonds is 6. The minimum Gasteiger partial charge on any atom is -0.487 e. The lowest BCUT2D eigenvalue weighted by molar-refractivity contribution is -0.384. The number of halogens is 2. The number of carbonyl (C=O) groups is 3. The molecule has 1 saturated heterocycles. The van der Waals surface area contributed by atoms with Crippen LogP contribution in [0.4, 0.5) is 20.6 Å². The summed E-state index contributed by atoms with van der Waals surface area (Å²) in [7, 11) is 0. The van der Waals surface area contributed by atoms with Crippen LogP contribution in [0.15, 0.2) is 72.3 Å². The van der Waals surface area contributed by atoms with E-state index in [1.54, 1.807) is 12.1 Å². The quantitative estimate of drug-likeness (QED) is 0.230. The van der Waals surface area contributed by atoms with Gasteiger partial charge in [0.1, 0.15) is 23.7 Å². The van der Waals surface area contributed by atoms with Gasteiger partial charge in [-0.1, -0.05) is 35.9 Å². The van der Waals surface area contributed by atoms with Crippen LogP contribution in [-0.2, 0) is 16.2 Å². The number of barbiturate groups is 1. The molecule has 3 aromatic rings. The highest BCUT2D eigenvalue weighted by atomic mass is 35.5. The predicted octanol–water partition coefficient (Wildman–Crippen LogP) is 4.63. The van der Waals surface area contributed by atoms with Crippen molar-refractivity contribution in [3.63, 3.8) is 0 Å². The van der Waals surface area contributed by atoms with E-state index in [-0.39, 0.29) is 28.6 Å². The second-order valence-corrected chi connectivity index (χ2v) is 7.75. The Balaban J connectivity index is 1.58. The maximum atomic E-state index is 13.3. The predicted molar refractivity (Wildman–Crippen MR) is 124 cm³/mol. The van der Waals surface area contributed by atoms with Crippen molar-refractivity contribution in [2.45, 2.75) is 6.61 Å². The summed E-state index contributed by atoms with van der Waals surface area (Å²) in [6.07, 6.45) is 1.23. The summed E-state index contributed by atoms with van der Waals surface area (Å²) in [5.41, 5.74) is 0.188. The van der Waals surface area contributed by atoms with Gasteiger partial charge in [0.2, 0.25) is 0 Å². The number of amides is 4. The number of nitrogens with one attached hydrogen (secondary N) is 1. The Labute approximate surface area is 202 Å². The molecule has 0 aliphatic carbocycles.